The highest BCUT2D eigenvalue weighted by atomic mass is 32.2. The van der Waals surface area contributed by atoms with Crippen LogP contribution in [0.25, 0.3) is 11.0 Å². The minimum absolute atomic E-state index is 0.316. The molecule has 0 saturated carbocycles. The van der Waals surface area contributed by atoms with Crippen molar-refractivity contribution in [2.75, 3.05) is 18.9 Å². The van der Waals surface area contributed by atoms with E-state index in [0.29, 0.717) is 36.2 Å². The van der Waals surface area contributed by atoms with Crippen LogP contribution >= 0.6 is 11.9 Å². The van der Waals surface area contributed by atoms with Gasteiger partial charge >= 0.3 is 6.09 Å². The highest BCUT2D eigenvalue weighted by molar-refractivity contribution is 8.00. The fourth-order valence-electron chi connectivity index (χ4n) is 3.91. The minimum Gasteiger partial charge on any atom is -0.496 e. The molecule has 2 aromatic heterocycles. The SMILES string of the molecule is CC.COc1ccc(C(C)C)cc1SNc1noc2cc(Cn3cc(CNC(=O)OC(C)(C)C)cn3)cc(OC)c12. The number of benzene rings is 2. The minimum atomic E-state index is -0.549. The van der Waals surface area contributed by atoms with E-state index in [4.69, 9.17) is 18.7 Å². The Morgan fingerprint density at radius 2 is 1.80 bits per heavy atom. The number of rotatable bonds is 10. The molecule has 1 amide bonds. The van der Waals surface area contributed by atoms with Crippen LogP contribution in [0.1, 0.15) is 71.1 Å². The van der Waals surface area contributed by atoms with E-state index in [9.17, 15) is 4.79 Å². The van der Waals surface area contributed by atoms with Gasteiger partial charge in [-0.25, -0.2) is 4.79 Å². The van der Waals surface area contributed by atoms with Crippen molar-refractivity contribution in [2.45, 2.75) is 78.0 Å². The van der Waals surface area contributed by atoms with Crippen LogP contribution in [0.15, 0.2) is 52.1 Å². The summed E-state index contributed by atoms with van der Waals surface area (Å²) in [5, 5.41) is 12.1. The first-order valence-electron chi connectivity index (χ1n) is 13.6. The third-order valence-corrected chi connectivity index (χ3v) is 6.63. The fourth-order valence-corrected chi connectivity index (χ4v) is 4.70. The lowest BCUT2D eigenvalue weighted by Gasteiger charge is -2.19. The van der Waals surface area contributed by atoms with E-state index < -0.39 is 11.7 Å². The topological polar surface area (TPSA) is 113 Å². The Labute approximate surface area is 246 Å². The first-order chi connectivity index (χ1) is 19.6. The Morgan fingerprint density at radius 1 is 1.07 bits per heavy atom. The summed E-state index contributed by atoms with van der Waals surface area (Å²) in [7, 11) is 3.27. The number of nitrogens with one attached hydrogen (secondary N) is 2. The molecule has 0 radical (unpaired) electrons. The average Bonchev–Trinajstić information content (AvgIpc) is 3.57. The van der Waals surface area contributed by atoms with Crippen molar-refractivity contribution in [2.24, 2.45) is 0 Å². The number of carbonyl (C=O) groups excluding carboxylic acids is 1. The van der Waals surface area contributed by atoms with Crippen LogP contribution in [0.2, 0.25) is 0 Å². The van der Waals surface area contributed by atoms with E-state index in [1.165, 1.54) is 17.5 Å². The summed E-state index contributed by atoms with van der Waals surface area (Å²) >= 11 is 1.41. The molecule has 11 heteroatoms. The van der Waals surface area contributed by atoms with Crippen molar-refractivity contribution in [3.63, 3.8) is 0 Å². The third kappa shape index (κ3) is 8.56. The van der Waals surface area contributed by atoms with Crippen molar-refractivity contribution in [1.82, 2.24) is 20.3 Å². The van der Waals surface area contributed by atoms with Gasteiger partial charge in [0.25, 0.3) is 0 Å². The lowest BCUT2D eigenvalue weighted by Crippen LogP contribution is -2.32. The van der Waals surface area contributed by atoms with Crippen LogP contribution in [0.5, 0.6) is 11.5 Å². The van der Waals surface area contributed by atoms with Crippen LogP contribution in [-0.2, 0) is 17.8 Å². The molecule has 2 N–H and O–H groups in total. The number of alkyl carbamates (subject to hydrolysis) is 1. The number of carbonyl (C=O) groups is 1. The largest absolute Gasteiger partial charge is 0.496 e. The summed E-state index contributed by atoms with van der Waals surface area (Å²) in [5.41, 5.74) is 3.04. The van der Waals surface area contributed by atoms with Gasteiger partial charge in [0.2, 0.25) is 0 Å². The molecular weight excluding hydrogens is 542 g/mol. The van der Waals surface area contributed by atoms with Crippen LogP contribution in [0, 0.1) is 0 Å². The Hall–Kier alpha value is -3.86. The van der Waals surface area contributed by atoms with Crippen molar-refractivity contribution in [1.29, 1.82) is 0 Å². The molecule has 4 aromatic rings. The molecule has 10 nitrogen and oxygen atoms in total. The van der Waals surface area contributed by atoms with Crippen molar-refractivity contribution in [3.8, 4) is 11.5 Å². The summed E-state index contributed by atoms with van der Waals surface area (Å²) in [6.07, 6.45) is 3.12. The first kappa shape index (κ1) is 31.7. The second-order valence-corrected chi connectivity index (χ2v) is 11.2. The molecule has 2 aromatic carbocycles. The molecule has 0 bridgehead atoms. The summed E-state index contributed by atoms with van der Waals surface area (Å²) in [6.45, 7) is 14.6. The van der Waals surface area contributed by atoms with E-state index in [2.05, 4.69) is 46.3 Å². The average molecular weight is 584 g/mol. The molecular formula is C30H41N5O5S. The molecule has 0 atom stereocenters. The maximum Gasteiger partial charge on any atom is 0.407 e. The maximum atomic E-state index is 11.9. The Kier molecular flexibility index (Phi) is 10.9. The number of hydrogen-bond acceptors (Lipinski definition) is 9. The van der Waals surface area contributed by atoms with Gasteiger partial charge in [-0.2, -0.15) is 5.10 Å². The monoisotopic (exact) mass is 583 g/mol. The number of methoxy groups -OCH3 is 2. The number of fused-ring (bicyclic) bond motifs is 1. The molecule has 0 aliphatic heterocycles. The Morgan fingerprint density at radius 3 is 2.46 bits per heavy atom. The van der Waals surface area contributed by atoms with Crippen LogP contribution in [0.3, 0.4) is 0 Å². The van der Waals surface area contributed by atoms with Gasteiger partial charge in [-0.15, -0.1) is 0 Å². The van der Waals surface area contributed by atoms with Gasteiger partial charge in [-0.05, 0) is 74.0 Å². The molecule has 4 rings (SSSR count). The molecule has 0 fully saturated rings. The van der Waals surface area contributed by atoms with E-state index in [1.54, 1.807) is 25.1 Å². The molecule has 0 spiro atoms. The van der Waals surface area contributed by atoms with E-state index in [1.807, 2.05) is 59.0 Å². The molecule has 2 heterocycles. The predicted molar refractivity (Wildman–Crippen MR) is 163 cm³/mol. The first-order valence-corrected chi connectivity index (χ1v) is 14.4. The molecule has 41 heavy (non-hydrogen) atoms. The Bertz CT molecular complexity index is 1440. The molecule has 0 aliphatic carbocycles. The Balaban J connectivity index is 0.00000226. The second-order valence-electron chi connectivity index (χ2n) is 10.4. The van der Waals surface area contributed by atoms with E-state index in [-0.39, 0.29) is 0 Å². The van der Waals surface area contributed by atoms with Gasteiger partial charge in [-0.3, -0.25) is 4.68 Å². The zero-order valence-electron chi connectivity index (χ0n) is 25.3. The molecule has 0 aliphatic rings. The van der Waals surface area contributed by atoms with Crippen LogP contribution in [0.4, 0.5) is 10.6 Å². The predicted octanol–water partition coefficient (Wildman–Crippen LogP) is 7.38. The van der Waals surface area contributed by atoms with Crippen molar-refractivity contribution in [3.05, 3.63) is 59.4 Å². The quantitative estimate of drug-likeness (QED) is 0.185. The number of nitrogens with zero attached hydrogens (tertiary/aromatic N) is 3. The summed E-state index contributed by atoms with van der Waals surface area (Å²) in [5.74, 6) is 2.37. The van der Waals surface area contributed by atoms with Gasteiger partial charge in [0.15, 0.2) is 11.4 Å². The lowest BCUT2D eigenvalue weighted by atomic mass is 10.0. The van der Waals surface area contributed by atoms with E-state index >= 15 is 0 Å². The van der Waals surface area contributed by atoms with Crippen LogP contribution < -0.4 is 19.5 Å². The van der Waals surface area contributed by atoms with Gasteiger partial charge in [-0.1, -0.05) is 38.9 Å². The van der Waals surface area contributed by atoms with Crippen molar-refractivity contribution >= 4 is 34.8 Å². The molecule has 0 saturated heterocycles. The number of hydrogen-bond donors (Lipinski definition) is 2. The fraction of sp³-hybridized carbons (Fsp3) is 0.433. The third-order valence-electron chi connectivity index (χ3n) is 5.80. The zero-order chi connectivity index (χ0) is 30.2. The van der Waals surface area contributed by atoms with Gasteiger partial charge in [0, 0.05) is 18.3 Å². The smallest absolute Gasteiger partial charge is 0.407 e. The number of amides is 1. The van der Waals surface area contributed by atoms with Gasteiger partial charge in [0.05, 0.1) is 31.9 Å². The molecule has 0 unspecified atom stereocenters. The number of ether oxygens (including phenoxy) is 3. The van der Waals surface area contributed by atoms with Crippen LogP contribution in [-0.4, -0.2) is 40.9 Å². The second kappa shape index (κ2) is 14.2. The lowest BCUT2D eigenvalue weighted by molar-refractivity contribution is 0.0523. The summed E-state index contributed by atoms with van der Waals surface area (Å²) in [6, 6.07) is 10.0. The van der Waals surface area contributed by atoms with E-state index in [0.717, 1.165) is 27.2 Å². The normalized spacial score (nSPS) is 11.2. The van der Waals surface area contributed by atoms with Gasteiger partial charge in [0.1, 0.15) is 22.5 Å². The standard InChI is InChI=1S/C28H35N5O5S.C2H6/c1-17(2)20-8-9-21(35-6)24(12-20)39-32-26-25-22(36-7)10-18(11-23(25)38-31-26)15-33-16-19(14-30-33)13-29-27(34)37-28(3,4)5;1-2/h8-12,14,16-17H,13,15H2,1-7H3,(H,29,34)(H,31,32);1-2H3. The highest BCUT2D eigenvalue weighted by Gasteiger charge is 2.18. The molecule has 222 valence electrons. The summed E-state index contributed by atoms with van der Waals surface area (Å²) in [4.78, 5) is 12.9. The summed E-state index contributed by atoms with van der Waals surface area (Å²) < 4.78 is 27.3. The van der Waals surface area contributed by atoms with Crippen molar-refractivity contribution < 1.29 is 23.5 Å². The highest BCUT2D eigenvalue weighted by Crippen LogP contribution is 2.38. The zero-order valence-corrected chi connectivity index (χ0v) is 26.1. The number of anilines is 1. The number of aromatic nitrogens is 3. The van der Waals surface area contributed by atoms with Gasteiger partial charge < -0.3 is 28.8 Å². The maximum absolute atomic E-state index is 11.9.